The van der Waals surface area contributed by atoms with E-state index in [9.17, 15) is 10.1 Å². The molecule has 23 heavy (non-hydrogen) atoms. The number of rotatable bonds is 3. The lowest BCUT2D eigenvalue weighted by molar-refractivity contribution is -0.128. The summed E-state index contributed by atoms with van der Waals surface area (Å²) in [5.41, 5.74) is -0.671. The highest BCUT2D eigenvalue weighted by Crippen LogP contribution is 2.28. The molecule has 2 aliphatic rings. The van der Waals surface area contributed by atoms with Gasteiger partial charge < -0.3 is 9.88 Å². The molecule has 1 aliphatic heterocycles. The second-order valence-corrected chi connectivity index (χ2v) is 6.71. The molecule has 1 aliphatic carbocycles. The number of hydrogen-bond donors (Lipinski definition) is 1. The van der Waals surface area contributed by atoms with E-state index in [1.807, 2.05) is 13.8 Å². The zero-order chi connectivity index (χ0) is 16.4. The van der Waals surface area contributed by atoms with Gasteiger partial charge in [0.05, 0.1) is 18.7 Å². The van der Waals surface area contributed by atoms with Crippen molar-refractivity contribution in [2.24, 2.45) is 0 Å². The molecule has 0 radical (unpaired) electrons. The van der Waals surface area contributed by atoms with Crippen molar-refractivity contribution in [2.45, 2.75) is 70.6 Å². The normalized spacial score (nSPS) is 22.0. The van der Waals surface area contributed by atoms with Gasteiger partial charge in [0.15, 0.2) is 0 Å². The number of nitrogens with one attached hydrogen (secondary N) is 1. The van der Waals surface area contributed by atoms with E-state index in [-0.39, 0.29) is 11.9 Å². The Labute approximate surface area is 136 Å². The second kappa shape index (κ2) is 6.28. The number of carbonyl (C=O) groups excluding carboxylic acids is 1. The van der Waals surface area contributed by atoms with E-state index in [2.05, 4.69) is 31.1 Å². The number of nitriles is 1. The highest BCUT2D eigenvalue weighted by Gasteiger charge is 2.36. The van der Waals surface area contributed by atoms with Crippen LogP contribution in [0.25, 0.3) is 0 Å². The molecule has 1 saturated carbocycles. The van der Waals surface area contributed by atoms with Crippen molar-refractivity contribution >= 4 is 5.91 Å². The Kier molecular flexibility index (Phi) is 4.35. The van der Waals surface area contributed by atoms with Crippen LogP contribution in [0.2, 0.25) is 0 Å². The molecule has 0 spiro atoms. The number of aromatic nitrogens is 3. The number of amides is 1. The van der Waals surface area contributed by atoms with E-state index in [4.69, 9.17) is 0 Å². The number of hydrogen-bond acceptors (Lipinski definition) is 5. The summed E-state index contributed by atoms with van der Waals surface area (Å²) in [6.07, 6.45) is 4.68. The third-order valence-corrected chi connectivity index (χ3v) is 5.18. The summed E-state index contributed by atoms with van der Waals surface area (Å²) in [5.74, 6) is 1.77. The first-order chi connectivity index (χ1) is 11.0. The van der Waals surface area contributed by atoms with Gasteiger partial charge in [-0.15, -0.1) is 10.2 Å². The first-order valence-corrected chi connectivity index (χ1v) is 8.41. The van der Waals surface area contributed by atoms with Gasteiger partial charge in [-0.05, 0) is 26.7 Å². The van der Waals surface area contributed by atoms with Gasteiger partial charge in [-0.1, -0.05) is 19.3 Å². The number of nitrogens with zero attached hydrogens (tertiary/aromatic N) is 5. The summed E-state index contributed by atoms with van der Waals surface area (Å²) < 4.78 is 2.10. The van der Waals surface area contributed by atoms with Crippen LogP contribution in [0.1, 0.15) is 50.7 Å². The Balaban J connectivity index is 1.65. The van der Waals surface area contributed by atoms with Gasteiger partial charge in [0.25, 0.3) is 0 Å². The van der Waals surface area contributed by atoms with E-state index >= 15 is 0 Å². The van der Waals surface area contributed by atoms with Crippen LogP contribution in [-0.2, 0) is 17.9 Å². The van der Waals surface area contributed by atoms with Gasteiger partial charge in [-0.3, -0.25) is 9.69 Å². The third-order valence-electron chi connectivity index (χ3n) is 5.18. The summed E-state index contributed by atoms with van der Waals surface area (Å²) >= 11 is 0. The van der Waals surface area contributed by atoms with Crippen LogP contribution in [0.4, 0.5) is 0 Å². The van der Waals surface area contributed by atoms with Crippen LogP contribution in [0.15, 0.2) is 0 Å². The molecule has 1 aromatic heterocycles. The topological polar surface area (TPSA) is 86.8 Å². The number of carbonyl (C=O) groups is 1. The average Bonchev–Trinajstić information content (AvgIpc) is 2.95. The van der Waals surface area contributed by atoms with E-state index in [0.29, 0.717) is 6.54 Å². The molecule has 7 heteroatoms. The van der Waals surface area contributed by atoms with E-state index in [1.165, 1.54) is 0 Å². The molecule has 1 atom stereocenters. The van der Waals surface area contributed by atoms with E-state index in [1.54, 1.807) is 0 Å². The fourth-order valence-corrected chi connectivity index (χ4v) is 3.58. The minimum atomic E-state index is -0.671. The lowest BCUT2D eigenvalue weighted by Gasteiger charge is -2.36. The van der Waals surface area contributed by atoms with Crippen LogP contribution >= 0.6 is 0 Å². The van der Waals surface area contributed by atoms with Crippen molar-refractivity contribution in [3.05, 3.63) is 11.6 Å². The maximum absolute atomic E-state index is 12.6. The lowest BCUT2D eigenvalue weighted by atomic mass is 9.82. The molecular weight excluding hydrogens is 292 g/mol. The molecule has 1 N–H and O–H groups in total. The predicted octanol–water partition coefficient (Wildman–Crippen LogP) is 1.13. The maximum atomic E-state index is 12.6. The molecule has 7 nitrogen and oxygen atoms in total. The van der Waals surface area contributed by atoms with Gasteiger partial charge >= 0.3 is 0 Å². The van der Waals surface area contributed by atoms with Crippen LogP contribution < -0.4 is 5.32 Å². The molecule has 3 rings (SSSR count). The highest BCUT2D eigenvalue weighted by molar-refractivity contribution is 5.82. The fourth-order valence-electron chi connectivity index (χ4n) is 3.58. The smallest absolute Gasteiger partial charge is 0.238 e. The van der Waals surface area contributed by atoms with Gasteiger partial charge in [0, 0.05) is 13.1 Å². The summed E-state index contributed by atoms with van der Waals surface area (Å²) in [5, 5.41) is 20.8. The molecule has 124 valence electrons. The van der Waals surface area contributed by atoms with Crippen molar-refractivity contribution in [2.75, 3.05) is 6.54 Å². The van der Waals surface area contributed by atoms with Crippen LogP contribution in [0.3, 0.4) is 0 Å². The first kappa shape index (κ1) is 15.9. The molecule has 2 heterocycles. The van der Waals surface area contributed by atoms with Gasteiger partial charge in [0.2, 0.25) is 5.91 Å². The van der Waals surface area contributed by atoms with E-state index < -0.39 is 5.54 Å². The minimum absolute atomic E-state index is 0.0573. The zero-order valence-corrected chi connectivity index (χ0v) is 13.9. The first-order valence-electron chi connectivity index (χ1n) is 8.41. The molecule has 1 amide bonds. The monoisotopic (exact) mass is 316 g/mol. The standard InChI is InChI=1S/C16H24N6O/c1-12(15(23)18-16(11-17)6-4-3-5-7-16)21-8-9-22-13(2)19-20-14(22)10-21/h12H,3-10H2,1-2H3,(H,18,23)/t12-/m1/s1. The van der Waals surface area contributed by atoms with Crippen molar-refractivity contribution in [1.29, 1.82) is 5.26 Å². The van der Waals surface area contributed by atoms with Crippen LogP contribution in [-0.4, -0.2) is 43.7 Å². The second-order valence-electron chi connectivity index (χ2n) is 6.71. The molecule has 0 unspecified atom stereocenters. The molecule has 0 aromatic carbocycles. The maximum Gasteiger partial charge on any atom is 0.238 e. The minimum Gasteiger partial charge on any atom is -0.336 e. The van der Waals surface area contributed by atoms with Crippen molar-refractivity contribution in [3.8, 4) is 6.07 Å². The van der Waals surface area contributed by atoms with Crippen LogP contribution in [0.5, 0.6) is 0 Å². The summed E-state index contributed by atoms with van der Waals surface area (Å²) in [6.45, 7) is 6.06. The van der Waals surface area contributed by atoms with Crippen molar-refractivity contribution in [1.82, 2.24) is 25.0 Å². The van der Waals surface area contributed by atoms with Gasteiger partial charge in [-0.25, -0.2) is 0 Å². The number of fused-ring (bicyclic) bond motifs is 1. The van der Waals surface area contributed by atoms with Gasteiger partial charge in [0.1, 0.15) is 17.2 Å². The quantitative estimate of drug-likeness (QED) is 0.903. The Morgan fingerprint density at radius 1 is 1.30 bits per heavy atom. The SMILES string of the molecule is Cc1nnc2n1CCN([C@H](C)C(=O)NC1(C#N)CCCCC1)C2. The Morgan fingerprint density at radius 2 is 2.04 bits per heavy atom. The lowest BCUT2D eigenvalue weighted by Crippen LogP contribution is -2.55. The molecule has 0 bridgehead atoms. The highest BCUT2D eigenvalue weighted by atomic mass is 16.2. The average molecular weight is 316 g/mol. The molecule has 1 aromatic rings. The van der Waals surface area contributed by atoms with Crippen molar-refractivity contribution < 1.29 is 4.79 Å². The third kappa shape index (κ3) is 3.08. The fraction of sp³-hybridized carbons (Fsp3) is 0.750. The molecule has 0 saturated heterocycles. The number of aryl methyl sites for hydroxylation is 1. The summed E-state index contributed by atoms with van der Waals surface area (Å²) in [7, 11) is 0. The van der Waals surface area contributed by atoms with Crippen molar-refractivity contribution in [3.63, 3.8) is 0 Å². The van der Waals surface area contributed by atoms with Crippen LogP contribution in [0, 0.1) is 18.3 Å². The molecule has 1 fully saturated rings. The Morgan fingerprint density at radius 3 is 2.74 bits per heavy atom. The zero-order valence-electron chi connectivity index (χ0n) is 13.9. The van der Waals surface area contributed by atoms with E-state index in [0.717, 1.165) is 56.8 Å². The predicted molar refractivity (Wildman–Crippen MR) is 84.2 cm³/mol. The summed E-state index contributed by atoms with van der Waals surface area (Å²) in [6, 6.07) is 2.08. The Hall–Kier alpha value is -1.94. The summed E-state index contributed by atoms with van der Waals surface area (Å²) in [4.78, 5) is 14.7. The molecular formula is C16H24N6O. The largest absolute Gasteiger partial charge is 0.336 e. The Bertz CT molecular complexity index is 625. The van der Waals surface area contributed by atoms with Gasteiger partial charge in [-0.2, -0.15) is 5.26 Å².